The smallest absolute Gasteiger partial charge is 0.434 e. The van der Waals surface area contributed by atoms with Crippen LogP contribution in [0.2, 0.25) is 0 Å². The minimum absolute atomic E-state index is 0.310. The van der Waals surface area contributed by atoms with E-state index < -0.39 is 54.3 Å². The lowest BCUT2D eigenvalue weighted by Crippen LogP contribution is -2.72. The number of hydrogen-bond donors (Lipinski definition) is 1. The number of nitrogens with one attached hydrogen (secondary N) is 1. The number of carbonyl (C=O) groups is 4. The lowest BCUT2D eigenvalue weighted by Gasteiger charge is -2.42. The molecule has 0 saturated carbocycles. The summed E-state index contributed by atoms with van der Waals surface area (Å²) in [6.07, 6.45) is -9.71. The highest BCUT2D eigenvalue weighted by atomic mass is 19.4. The first-order valence-corrected chi connectivity index (χ1v) is 8.45. The van der Waals surface area contributed by atoms with E-state index in [2.05, 4.69) is 0 Å². The van der Waals surface area contributed by atoms with Crippen LogP contribution in [0, 0.1) is 0 Å². The summed E-state index contributed by atoms with van der Waals surface area (Å²) < 4.78 is 52.7. The fourth-order valence-electron chi connectivity index (χ4n) is 3.21. The molecule has 8 nitrogen and oxygen atoms in total. The zero-order valence-corrected chi connectivity index (χ0v) is 15.8. The number of likely N-dealkylation sites (tertiary alicyclic amines) is 1. The topological polar surface area (TPSA) is 102 Å². The maximum Gasteiger partial charge on any atom is 0.434 e. The standard InChI is InChI=1S/C18H19F3N2O6/c1-10(24)22-17(18(19,20)21)15(29-12(3)26)14(28-11(2)25)16(27)23(17)9-13-7-5-4-6-8-13/h4-8,14-15H,9H2,1-3H3,(H,22,24)/t14-,15-,17-/m1/s1. The molecule has 1 N–H and O–H groups in total. The minimum atomic E-state index is -5.28. The van der Waals surface area contributed by atoms with Gasteiger partial charge in [-0.05, 0) is 5.56 Å². The van der Waals surface area contributed by atoms with Crippen LogP contribution in [0.4, 0.5) is 13.2 Å². The van der Waals surface area contributed by atoms with E-state index >= 15 is 0 Å². The second-order valence-corrected chi connectivity index (χ2v) is 6.42. The Morgan fingerprint density at radius 1 is 1.07 bits per heavy atom. The van der Waals surface area contributed by atoms with Gasteiger partial charge in [0.15, 0.2) is 6.10 Å². The SMILES string of the molecule is CC(=O)N[C@]1(C(F)(F)F)[C@H](OC(C)=O)[C@@H](OC(C)=O)C(=O)N1Cc1ccccc1. The number of amides is 2. The van der Waals surface area contributed by atoms with Gasteiger partial charge < -0.3 is 19.7 Å². The number of esters is 2. The van der Waals surface area contributed by atoms with Gasteiger partial charge >= 0.3 is 18.1 Å². The lowest BCUT2D eigenvalue weighted by atomic mass is 10.00. The number of benzene rings is 1. The zero-order valence-electron chi connectivity index (χ0n) is 15.8. The number of halogens is 3. The van der Waals surface area contributed by atoms with Gasteiger partial charge in [-0.3, -0.25) is 19.2 Å². The van der Waals surface area contributed by atoms with E-state index in [1.54, 1.807) is 23.5 Å². The van der Waals surface area contributed by atoms with Crippen molar-refractivity contribution in [2.45, 2.75) is 51.4 Å². The fraction of sp³-hybridized carbons (Fsp3) is 0.444. The molecule has 1 heterocycles. The Morgan fingerprint density at radius 2 is 1.62 bits per heavy atom. The summed E-state index contributed by atoms with van der Waals surface area (Å²) in [4.78, 5) is 47.9. The van der Waals surface area contributed by atoms with Crippen LogP contribution >= 0.6 is 0 Å². The highest BCUT2D eigenvalue weighted by molar-refractivity contribution is 5.90. The summed E-state index contributed by atoms with van der Waals surface area (Å²) in [7, 11) is 0. The van der Waals surface area contributed by atoms with Crippen LogP contribution in [0.3, 0.4) is 0 Å². The average molecular weight is 416 g/mol. The molecule has 1 aliphatic heterocycles. The second kappa shape index (κ2) is 8.10. The molecule has 0 aliphatic carbocycles. The maximum atomic E-state index is 14.4. The Hall–Kier alpha value is -3.11. The second-order valence-electron chi connectivity index (χ2n) is 6.42. The Bertz CT molecular complexity index is 814. The number of carbonyl (C=O) groups excluding carboxylic acids is 4. The quantitative estimate of drug-likeness (QED) is 0.726. The van der Waals surface area contributed by atoms with E-state index in [0.717, 1.165) is 20.8 Å². The van der Waals surface area contributed by atoms with Gasteiger partial charge in [-0.1, -0.05) is 30.3 Å². The van der Waals surface area contributed by atoms with Gasteiger partial charge in [-0.25, -0.2) is 0 Å². The van der Waals surface area contributed by atoms with Gasteiger partial charge in [0, 0.05) is 27.3 Å². The number of rotatable bonds is 5. The van der Waals surface area contributed by atoms with Gasteiger partial charge in [0.25, 0.3) is 11.6 Å². The molecule has 29 heavy (non-hydrogen) atoms. The van der Waals surface area contributed by atoms with Gasteiger partial charge in [0.05, 0.1) is 0 Å². The largest absolute Gasteiger partial charge is 0.453 e. The number of alkyl halides is 3. The lowest BCUT2D eigenvalue weighted by molar-refractivity contribution is -0.263. The molecule has 3 atom stereocenters. The monoisotopic (exact) mass is 416 g/mol. The third-order valence-corrected chi connectivity index (χ3v) is 4.19. The molecule has 1 fully saturated rings. The molecule has 11 heteroatoms. The summed E-state index contributed by atoms with van der Waals surface area (Å²) in [5, 5.41) is 1.73. The van der Waals surface area contributed by atoms with Crippen molar-refractivity contribution in [3.8, 4) is 0 Å². The zero-order chi connectivity index (χ0) is 22.0. The van der Waals surface area contributed by atoms with Crippen molar-refractivity contribution in [3.63, 3.8) is 0 Å². The first-order chi connectivity index (χ1) is 13.4. The molecule has 2 amide bonds. The first-order valence-electron chi connectivity index (χ1n) is 8.45. The Labute approximate surface area is 163 Å². The van der Waals surface area contributed by atoms with E-state index in [0.29, 0.717) is 10.5 Å². The van der Waals surface area contributed by atoms with Crippen LogP contribution in [0.25, 0.3) is 0 Å². The van der Waals surface area contributed by atoms with E-state index in [1.807, 2.05) is 0 Å². The Morgan fingerprint density at radius 3 is 2.07 bits per heavy atom. The van der Waals surface area contributed by atoms with Crippen molar-refractivity contribution < 1.29 is 41.8 Å². The van der Waals surface area contributed by atoms with E-state index in [9.17, 15) is 32.3 Å². The normalized spacial score (nSPS) is 24.2. The molecule has 2 rings (SSSR count). The summed E-state index contributed by atoms with van der Waals surface area (Å²) in [6.45, 7) is 1.97. The van der Waals surface area contributed by atoms with Gasteiger partial charge in [-0.15, -0.1) is 0 Å². The molecule has 1 saturated heterocycles. The first kappa shape index (κ1) is 22.2. The van der Waals surface area contributed by atoms with Crippen LogP contribution < -0.4 is 5.32 Å². The van der Waals surface area contributed by atoms with Crippen molar-refractivity contribution in [1.82, 2.24) is 10.2 Å². The van der Waals surface area contributed by atoms with Gasteiger partial charge in [-0.2, -0.15) is 13.2 Å². The molecule has 0 spiro atoms. The molecule has 1 aromatic carbocycles. The highest BCUT2D eigenvalue weighted by Crippen LogP contribution is 2.45. The summed E-state index contributed by atoms with van der Waals surface area (Å²) in [6, 6.07) is 7.68. The predicted octanol–water partition coefficient (Wildman–Crippen LogP) is 1.29. The van der Waals surface area contributed by atoms with Crippen LogP contribution in [-0.4, -0.2) is 52.7 Å². The third-order valence-electron chi connectivity index (χ3n) is 4.19. The van der Waals surface area contributed by atoms with Crippen LogP contribution in [0.15, 0.2) is 30.3 Å². The predicted molar refractivity (Wildman–Crippen MR) is 90.7 cm³/mol. The van der Waals surface area contributed by atoms with Crippen LogP contribution in [-0.2, 0) is 35.2 Å². The molecule has 1 aromatic rings. The van der Waals surface area contributed by atoms with E-state index in [1.165, 1.54) is 12.1 Å². The van der Waals surface area contributed by atoms with Crippen molar-refractivity contribution in [2.24, 2.45) is 0 Å². The van der Waals surface area contributed by atoms with E-state index in [4.69, 9.17) is 9.47 Å². The molecule has 0 bridgehead atoms. The van der Waals surface area contributed by atoms with Crippen molar-refractivity contribution in [2.75, 3.05) is 0 Å². The van der Waals surface area contributed by atoms with Gasteiger partial charge in [0.2, 0.25) is 12.0 Å². The molecule has 1 aliphatic rings. The van der Waals surface area contributed by atoms with Crippen molar-refractivity contribution in [1.29, 1.82) is 0 Å². The van der Waals surface area contributed by atoms with Gasteiger partial charge in [0.1, 0.15) is 0 Å². The number of hydrogen-bond acceptors (Lipinski definition) is 6. The molecule has 158 valence electrons. The van der Waals surface area contributed by atoms with Crippen LogP contribution in [0.5, 0.6) is 0 Å². The number of ether oxygens (including phenoxy) is 2. The Balaban J connectivity index is 2.70. The summed E-state index contributed by atoms with van der Waals surface area (Å²) >= 11 is 0. The molecule has 0 unspecified atom stereocenters. The van der Waals surface area contributed by atoms with Crippen molar-refractivity contribution in [3.05, 3.63) is 35.9 Å². The molecule has 0 aromatic heterocycles. The van der Waals surface area contributed by atoms with Crippen molar-refractivity contribution >= 4 is 23.8 Å². The van der Waals surface area contributed by atoms with E-state index in [-0.39, 0.29) is 0 Å². The molecule has 0 radical (unpaired) electrons. The highest BCUT2D eigenvalue weighted by Gasteiger charge is 2.75. The fourth-order valence-corrected chi connectivity index (χ4v) is 3.21. The molecular formula is C18H19F3N2O6. The third kappa shape index (κ3) is 4.33. The molecular weight excluding hydrogens is 397 g/mol. The van der Waals surface area contributed by atoms with Crippen LogP contribution in [0.1, 0.15) is 26.3 Å². The summed E-state index contributed by atoms with van der Waals surface area (Å²) in [5.41, 5.74) is -3.12. The number of nitrogens with zero attached hydrogens (tertiary/aromatic N) is 1. The maximum absolute atomic E-state index is 14.4. The minimum Gasteiger partial charge on any atom is -0.453 e. The summed E-state index contributed by atoms with van der Waals surface area (Å²) in [5.74, 6) is -4.60. The average Bonchev–Trinajstić information content (AvgIpc) is 2.78. The Kier molecular flexibility index (Phi) is 6.19.